The molecule has 4 bridgehead atoms. The Morgan fingerprint density at radius 2 is 1.82 bits per heavy atom. The summed E-state index contributed by atoms with van der Waals surface area (Å²) in [7, 11) is 1.57. The van der Waals surface area contributed by atoms with E-state index in [1.165, 1.54) is 11.8 Å². The van der Waals surface area contributed by atoms with Crippen molar-refractivity contribution in [1.29, 1.82) is 0 Å². The van der Waals surface area contributed by atoms with Crippen molar-refractivity contribution >= 4 is 28.8 Å². The van der Waals surface area contributed by atoms with Crippen LogP contribution in [0.1, 0.15) is 78.3 Å². The molecule has 10 nitrogen and oxygen atoms in total. The monoisotopic (exact) mass is 624 g/mol. The van der Waals surface area contributed by atoms with E-state index in [1.807, 2.05) is 32.9 Å². The van der Waals surface area contributed by atoms with E-state index >= 15 is 4.39 Å². The molecule has 244 valence electrons. The molecule has 2 saturated carbocycles. The summed E-state index contributed by atoms with van der Waals surface area (Å²) in [4.78, 5) is 51.1. The number of ether oxygens (including phenoxy) is 3. The fraction of sp³-hybridized carbons (Fsp3) is 0.676. The Morgan fingerprint density at radius 3 is 2.56 bits per heavy atom. The number of alkyl carbamates (subject to hydrolysis) is 1. The second kappa shape index (κ2) is 12.4. The largest absolute Gasteiger partial charge is 0.497 e. The number of hydrogen-bond acceptors (Lipinski definition) is 8. The molecule has 3 heterocycles. The molecule has 2 amide bonds. The van der Waals surface area contributed by atoms with Crippen LogP contribution in [0, 0.1) is 23.2 Å². The van der Waals surface area contributed by atoms with Crippen molar-refractivity contribution in [3.63, 3.8) is 0 Å². The molecule has 2 aliphatic heterocycles. The number of Topliss-reactive ketones (excluding diaryl/α,β-unsaturated/α-hetero) is 1. The van der Waals surface area contributed by atoms with Crippen LogP contribution in [0.5, 0.6) is 11.6 Å². The van der Waals surface area contributed by atoms with Crippen LogP contribution in [0.3, 0.4) is 0 Å². The second-order valence-corrected chi connectivity index (χ2v) is 14.4. The van der Waals surface area contributed by atoms with Crippen molar-refractivity contribution in [3.8, 4) is 11.6 Å². The van der Waals surface area contributed by atoms with Gasteiger partial charge in [0, 0.05) is 6.07 Å². The highest BCUT2D eigenvalue weighted by Gasteiger charge is 2.52. The average molecular weight is 625 g/mol. The first-order valence-electron chi connectivity index (χ1n) is 16.4. The lowest BCUT2D eigenvalue weighted by molar-refractivity contribution is -0.141. The fourth-order valence-corrected chi connectivity index (χ4v) is 8.02. The quantitative estimate of drug-likeness (QED) is 0.485. The van der Waals surface area contributed by atoms with Gasteiger partial charge in [-0.15, -0.1) is 0 Å². The van der Waals surface area contributed by atoms with Crippen LogP contribution in [0.2, 0.25) is 0 Å². The number of methoxy groups -OCH3 is 1. The van der Waals surface area contributed by atoms with Gasteiger partial charge in [-0.2, -0.15) is 0 Å². The third kappa shape index (κ3) is 6.19. The number of carbonyl (C=O) groups excluding carboxylic acids is 3. The lowest BCUT2D eigenvalue weighted by Gasteiger charge is -2.36. The topological polar surface area (TPSA) is 120 Å². The molecular formula is C34H45FN4O6. The summed E-state index contributed by atoms with van der Waals surface area (Å²) in [5.74, 6) is 0.925. The van der Waals surface area contributed by atoms with Crippen LogP contribution >= 0.6 is 0 Å². The molecule has 1 saturated heterocycles. The standard InChI is InChI=1S/C34H45FN4O6/c1-18(40)28-27(35)26-17-39(28)32(41)30(34(2,3)4)38-33(42)45-29-20-12-11-19(15-20)22(29)9-7-6-8-10-24-31(44-26)37-25-16-21(43-5)13-14-23(25)36-24/h13-14,16,19-20,22,26-30H,6-12,15,17H2,1-5H3,(H,38,42)/t19-,20+,22-,26+,27-,28-,29-,30-/m1/s1. The number of ketones is 1. The first kappa shape index (κ1) is 31.5. The number of rotatable bonds is 2. The molecule has 4 aliphatic rings. The highest BCUT2D eigenvalue weighted by Crippen LogP contribution is 2.51. The summed E-state index contributed by atoms with van der Waals surface area (Å²) in [6.07, 6.45) is 3.81. The summed E-state index contributed by atoms with van der Waals surface area (Å²) in [6.45, 7) is 6.57. The molecule has 0 spiro atoms. The van der Waals surface area contributed by atoms with Gasteiger partial charge in [0.15, 0.2) is 18.1 Å². The lowest BCUT2D eigenvalue weighted by Crippen LogP contribution is -2.57. The van der Waals surface area contributed by atoms with E-state index in [1.54, 1.807) is 13.2 Å². The van der Waals surface area contributed by atoms with Crippen molar-refractivity contribution in [2.24, 2.45) is 23.2 Å². The van der Waals surface area contributed by atoms with Crippen LogP contribution in [-0.4, -0.2) is 76.8 Å². The van der Waals surface area contributed by atoms with Gasteiger partial charge in [-0.1, -0.05) is 33.6 Å². The number of nitrogens with zero attached hydrogens (tertiary/aromatic N) is 3. The summed E-state index contributed by atoms with van der Waals surface area (Å²) in [6, 6.07) is 3.00. The van der Waals surface area contributed by atoms with Gasteiger partial charge < -0.3 is 24.4 Å². The summed E-state index contributed by atoms with van der Waals surface area (Å²) >= 11 is 0. The van der Waals surface area contributed by atoms with Crippen molar-refractivity contribution in [3.05, 3.63) is 23.9 Å². The molecule has 1 aromatic carbocycles. The van der Waals surface area contributed by atoms with Gasteiger partial charge in [0.2, 0.25) is 11.8 Å². The third-order valence-electron chi connectivity index (χ3n) is 10.3. The van der Waals surface area contributed by atoms with Gasteiger partial charge >= 0.3 is 6.09 Å². The molecule has 2 aromatic rings. The molecule has 1 aromatic heterocycles. The van der Waals surface area contributed by atoms with E-state index in [-0.39, 0.29) is 18.5 Å². The lowest BCUT2D eigenvalue weighted by atomic mass is 9.82. The van der Waals surface area contributed by atoms with Gasteiger partial charge in [-0.05, 0) is 80.8 Å². The maximum Gasteiger partial charge on any atom is 0.408 e. The third-order valence-corrected chi connectivity index (χ3v) is 10.3. The van der Waals surface area contributed by atoms with Crippen LogP contribution < -0.4 is 14.8 Å². The fourth-order valence-electron chi connectivity index (χ4n) is 8.02. The Bertz CT molecular complexity index is 1460. The van der Waals surface area contributed by atoms with Crippen LogP contribution in [0.15, 0.2) is 18.2 Å². The Kier molecular flexibility index (Phi) is 8.65. The van der Waals surface area contributed by atoms with Crippen LogP contribution in [0.4, 0.5) is 9.18 Å². The predicted octanol–water partition coefficient (Wildman–Crippen LogP) is 5.20. The van der Waals surface area contributed by atoms with Gasteiger partial charge in [-0.25, -0.2) is 19.2 Å². The van der Waals surface area contributed by atoms with E-state index in [0.29, 0.717) is 46.7 Å². The Morgan fingerprint density at radius 1 is 1.04 bits per heavy atom. The van der Waals surface area contributed by atoms with Gasteiger partial charge in [0.1, 0.15) is 29.6 Å². The van der Waals surface area contributed by atoms with E-state index in [4.69, 9.17) is 24.2 Å². The second-order valence-electron chi connectivity index (χ2n) is 14.4. The maximum absolute atomic E-state index is 16.1. The average Bonchev–Trinajstić information content (AvgIpc) is 3.68. The maximum atomic E-state index is 16.1. The van der Waals surface area contributed by atoms with E-state index < -0.39 is 47.6 Å². The highest BCUT2D eigenvalue weighted by atomic mass is 19.1. The van der Waals surface area contributed by atoms with E-state index in [9.17, 15) is 14.4 Å². The normalized spacial score (nSPS) is 32.5. The molecule has 8 atom stereocenters. The van der Waals surface area contributed by atoms with Crippen LogP contribution in [-0.2, 0) is 20.7 Å². The number of aromatic nitrogens is 2. The van der Waals surface area contributed by atoms with Crippen molar-refractivity contribution in [2.75, 3.05) is 13.7 Å². The number of carbonyl (C=O) groups is 3. The summed E-state index contributed by atoms with van der Waals surface area (Å²) < 4.78 is 33.8. The minimum absolute atomic E-state index is 0.181. The molecule has 45 heavy (non-hydrogen) atoms. The van der Waals surface area contributed by atoms with Gasteiger partial charge in [0.05, 0.1) is 24.7 Å². The zero-order valence-electron chi connectivity index (χ0n) is 26.9. The van der Waals surface area contributed by atoms with Crippen molar-refractivity contribution < 1.29 is 33.0 Å². The minimum atomic E-state index is -1.80. The number of benzene rings is 1. The van der Waals surface area contributed by atoms with Crippen LogP contribution in [0.25, 0.3) is 11.0 Å². The number of hydrogen-bond donors (Lipinski definition) is 1. The molecule has 0 radical (unpaired) electrons. The molecule has 11 heteroatoms. The number of fused-ring (bicyclic) bond motifs is 9. The van der Waals surface area contributed by atoms with Crippen molar-refractivity contribution in [2.45, 2.75) is 110 Å². The first-order chi connectivity index (χ1) is 21.4. The molecule has 2 aliphatic carbocycles. The minimum Gasteiger partial charge on any atom is -0.497 e. The number of halogens is 1. The van der Waals surface area contributed by atoms with E-state index in [2.05, 4.69) is 5.32 Å². The number of nitrogens with one attached hydrogen (secondary N) is 1. The Balaban J connectivity index is 1.37. The summed E-state index contributed by atoms with van der Waals surface area (Å²) in [5, 5.41) is 2.83. The SMILES string of the molecule is COc1ccc2nc3c(nc2c1)O[C@H]1CN(C(=O)[C@H](C(C)(C)C)NC(=O)O[C@@H]2[C@H]4CC[C@H](C4)[C@H]2CCCCC3)[C@H](C(C)=O)[C@@H]1F. The Hall–Kier alpha value is -3.50. The molecule has 0 unspecified atom stereocenters. The Labute approximate surface area is 263 Å². The van der Waals surface area contributed by atoms with E-state index in [0.717, 1.165) is 44.9 Å². The van der Waals surface area contributed by atoms with Crippen molar-refractivity contribution in [1.82, 2.24) is 20.2 Å². The predicted molar refractivity (Wildman–Crippen MR) is 165 cm³/mol. The number of aryl methyl sites for hydroxylation is 1. The number of alkyl halides is 1. The first-order valence-corrected chi connectivity index (χ1v) is 16.4. The van der Waals surface area contributed by atoms with Gasteiger partial charge in [0.25, 0.3) is 0 Å². The summed E-state index contributed by atoms with van der Waals surface area (Å²) in [5.41, 5.74) is 1.09. The molecule has 3 fully saturated rings. The smallest absolute Gasteiger partial charge is 0.408 e. The van der Waals surface area contributed by atoms with Gasteiger partial charge in [-0.3, -0.25) is 9.59 Å². The molecular weight excluding hydrogens is 579 g/mol. The zero-order valence-corrected chi connectivity index (χ0v) is 26.9. The zero-order chi connectivity index (χ0) is 32.0. The molecule has 1 N–H and O–H groups in total. The number of amides is 2. The highest BCUT2D eigenvalue weighted by molar-refractivity contribution is 5.93. The molecule has 6 rings (SSSR count).